The summed E-state index contributed by atoms with van der Waals surface area (Å²) in [6, 6.07) is 11.7. The molecule has 0 heterocycles. The van der Waals surface area contributed by atoms with Crippen LogP contribution in [0.4, 0.5) is 0 Å². The normalized spacial score (nSPS) is 11.5. The van der Waals surface area contributed by atoms with Gasteiger partial charge in [-0.25, -0.2) is 8.42 Å². The molecule has 0 radical (unpaired) electrons. The zero-order valence-electron chi connectivity index (χ0n) is 14.2. The van der Waals surface area contributed by atoms with Gasteiger partial charge in [0.25, 0.3) is 0 Å². The highest BCUT2D eigenvalue weighted by molar-refractivity contribution is 7.89. The van der Waals surface area contributed by atoms with E-state index in [1.165, 1.54) is 25.4 Å². The van der Waals surface area contributed by atoms with Gasteiger partial charge < -0.3 is 4.74 Å². The van der Waals surface area contributed by atoms with Crippen LogP contribution in [-0.4, -0.2) is 32.7 Å². The van der Waals surface area contributed by atoms with Crippen molar-refractivity contribution in [2.75, 3.05) is 14.2 Å². The van der Waals surface area contributed by atoms with E-state index < -0.39 is 10.0 Å². The van der Waals surface area contributed by atoms with Crippen LogP contribution in [0.5, 0.6) is 5.75 Å². The molecule has 128 valence electrons. The van der Waals surface area contributed by atoms with E-state index in [1.807, 2.05) is 6.92 Å². The monoisotopic (exact) mass is 347 g/mol. The lowest BCUT2D eigenvalue weighted by Gasteiger charge is -2.19. The number of rotatable bonds is 6. The number of ether oxygens (including phenoxy) is 1. The van der Waals surface area contributed by atoms with Gasteiger partial charge in [-0.3, -0.25) is 4.79 Å². The lowest BCUT2D eigenvalue weighted by atomic mass is 10.1. The van der Waals surface area contributed by atoms with Gasteiger partial charge in [-0.15, -0.1) is 0 Å². The van der Waals surface area contributed by atoms with Crippen LogP contribution in [0, 0.1) is 6.92 Å². The lowest BCUT2D eigenvalue weighted by Crippen LogP contribution is -2.26. The van der Waals surface area contributed by atoms with Gasteiger partial charge in [-0.1, -0.05) is 17.7 Å². The van der Waals surface area contributed by atoms with E-state index in [0.717, 1.165) is 5.56 Å². The fourth-order valence-corrected chi connectivity index (χ4v) is 3.49. The Balaban J connectivity index is 2.34. The third-order valence-electron chi connectivity index (χ3n) is 3.81. The van der Waals surface area contributed by atoms with Crippen LogP contribution in [0.15, 0.2) is 47.4 Å². The second-order valence-corrected chi connectivity index (χ2v) is 7.70. The standard InChI is InChI=1S/C18H21NO4S/c1-13-5-8-17(9-6-13)24(21,22)19(3)12-16-11-15(14(2)20)7-10-18(16)23-4/h5-11H,12H2,1-4H3. The Bertz CT molecular complexity index is 842. The largest absolute Gasteiger partial charge is 0.496 e. The molecule has 2 rings (SSSR count). The molecule has 0 N–H and O–H groups in total. The van der Waals surface area contributed by atoms with Gasteiger partial charge in [0.1, 0.15) is 5.75 Å². The minimum absolute atomic E-state index is 0.0806. The summed E-state index contributed by atoms with van der Waals surface area (Å²) >= 11 is 0. The summed E-state index contributed by atoms with van der Waals surface area (Å²) in [5.41, 5.74) is 2.16. The summed E-state index contributed by atoms with van der Waals surface area (Å²) in [7, 11) is -0.596. The Morgan fingerprint density at radius 2 is 1.75 bits per heavy atom. The third-order valence-corrected chi connectivity index (χ3v) is 5.63. The van der Waals surface area contributed by atoms with E-state index in [9.17, 15) is 13.2 Å². The molecule has 2 aromatic rings. The summed E-state index contributed by atoms with van der Waals surface area (Å²) in [4.78, 5) is 11.8. The summed E-state index contributed by atoms with van der Waals surface area (Å²) < 4.78 is 31.9. The van der Waals surface area contributed by atoms with Crippen molar-refractivity contribution in [3.63, 3.8) is 0 Å². The van der Waals surface area contributed by atoms with Gasteiger partial charge in [0, 0.05) is 24.7 Å². The van der Waals surface area contributed by atoms with Crippen molar-refractivity contribution in [2.45, 2.75) is 25.3 Å². The van der Waals surface area contributed by atoms with Crippen LogP contribution in [0.2, 0.25) is 0 Å². The first-order chi connectivity index (χ1) is 11.3. The maximum Gasteiger partial charge on any atom is 0.243 e. The number of hydrogen-bond acceptors (Lipinski definition) is 4. The molecule has 0 atom stereocenters. The molecule has 0 aromatic heterocycles. The maximum absolute atomic E-state index is 12.7. The van der Waals surface area contributed by atoms with Crippen molar-refractivity contribution in [2.24, 2.45) is 0 Å². The predicted molar refractivity (Wildman–Crippen MR) is 92.8 cm³/mol. The molecule has 0 aliphatic rings. The van der Waals surface area contributed by atoms with E-state index >= 15 is 0 Å². The summed E-state index contributed by atoms with van der Waals surface area (Å²) in [6.45, 7) is 3.48. The molecular formula is C18H21NO4S. The molecule has 0 aliphatic heterocycles. The lowest BCUT2D eigenvalue weighted by molar-refractivity contribution is 0.101. The minimum atomic E-state index is -3.62. The number of sulfonamides is 1. The van der Waals surface area contributed by atoms with Gasteiger partial charge in [0.05, 0.1) is 12.0 Å². The Kier molecular flexibility index (Phi) is 5.41. The molecular weight excluding hydrogens is 326 g/mol. The van der Waals surface area contributed by atoms with Crippen molar-refractivity contribution >= 4 is 15.8 Å². The molecule has 0 bridgehead atoms. The number of carbonyl (C=O) groups is 1. The summed E-state index contributed by atoms with van der Waals surface area (Å²) in [5, 5.41) is 0. The number of Topliss-reactive ketones (excluding diaryl/α,β-unsaturated/α-hetero) is 1. The average Bonchev–Trinajstić information content (AvgIpc) is 2.55. The number of hydrogen-bond donors (Lipinski definition) is 0. The van der Waals surface area contributed by atoms with Crippen molar-refractivity contribution in [3.05, 3.63) is 59.2 Å². The second-order valence-electron chi connectivity index (χ2n) is 5.66. The molecule has 0 fully saturated rings. The number of carbonyl (C=O) groups excluding carboxylic acids is 1. The molecule has 0 aliphatic carbocycles. The minimum Gasteiger partial charge on any atom is -0.496 e. The van der Waals surface area contributed by atoms with Crippen LogP contribution in [0.25, 0.3) is 0 Å². The van der Waals surface area contributed by atoms with Crippen molar-refractivity contribution < 1.29 is 17.9 Å². The third kappa shape index (κ3) is 3.83. The fraction of sp³-hybridized carbons (Fsp3) is 0.278. The average molecular weight is 347 g/mol. The number of aryl methyl sites for hydroxylation is 1. The number of methoxy groups -OCH3 is 1. The Morgan fingerprint density at radius 1 is 1.12 bits per heavy atom. The van der Waals surface area contributed by atoms with Gasteiger partial charge >= 0.3 is 0 Å². The SMILES string of the molecule is COc1ccc(C(C)=O)cc1CN(C)S(=O)(=O)c1ccc(C)cc1. The topological polar surface area (TPSA) is 63.7 Å². The molecule has 0 spiro atoms. The molecule has 24 heavy (non-hydrogen) atoms. The molecule has 0 saturated carbocycles. The smallest absolute Gasteiger partial charge is 0.243 e. The van der Waals surface area contributed by atoms with Crippen LogP contribution in [0.3, 0.4) is 0 Å². The molecule has 5 nitrogen and oxygen atoms in total. The van der Waals surface area contributed by atoms with Crippen LogP contribution in [-0.2, 0) is 16.6 Å². The maximum atomic E-state index is 12.7. The second kappa shape index (κ2) is 7.15. The van der Waals surface area contributed by atoms with Crippen LogP contribution < -0.4 is 4.74 Å². The van der Waals surface area contributed by atoms with E-state index in [4.69, 9.17) is 4.74 Å². The first kappa shape index (κ1) is 18.2. The van der Waals surface area contributed by atoms with Crippen molar-refractivity contribution in [1.82, 2.24) is 4.31 Å². The highest BCUT2D eigenvalue weighted by Gasteiger charge is 2.22. The molecule has 0 amide bonds. The first-order valence-corrected chi connectivity index (χ1v) is 8.90. The van der Waals surface area contributed by atoms with Gasteiger partial charge in [-0.05, 0) is 44.2 Å². The zero-order chi connectivity index (χ0) is 17.9. The van der Waals surface area contributed by atoms with E-state index in [1.54, 1.807) is 42.5 Å². The molecule has 0 unspecified atom stereocenters. The van der Waals surface area contributed by atoms with Crippen LogP contribution in [0.1, 0.15) is 28.4 Å². The van der Waals surface area contributed by atoms with Gasteiger partial charge in [-0.2, -0.15) is 4.31 Å². The Hall–Kier alpha value is -2.18. The van der Waals surface area contributed by atoms with Crippen molar-refractivity contribution in [3.8, 4) is 5.75 Å². The highest BCUT2D eigenvalue weighted by Crippen LogP contribution is 2.24. The van der Waals surface area contributed by atoms with Crippen molar-refractivity contribution in [1.29, 1.82) is 0 Å². The molecule has 0 saturated heterocycles. The zero-order valence-corrected chi connectivity index (χ0v) is 15.1. The molecule has 2 aromatic carbocycles. The van der Waals surface area contributed by atoms with Gasteiger partial charge in [0.2, 0.25) is 10.0 Å². The van der Waals surface area contributed by atoms with E-state index in [2.05, 4.69) is 0 Å². The number of benzene rings is 2. The quantitative estimate of drug-likeness (QED) is 0.754. The predicted octanol–water partition coefficient (Wildman–Crippen LogP) is 3.03. The number of nitrogens with zero attached hydrogens (tertiary/aromatic N) is 1. The van der Waals surface area contributed by atoms with Crippen LogP contribution >= 0.6 is 0 Å². The Morgan fingerprint density at radius 3 is 2.29 bits per heavy atom. The van der Waals surface area contributed by atoms with Gasteiger partial charge in [0.15, 0.2) is 5.78 Å². The number of ketones is 1. The fourth-order valence-electron chi connectivity index (χ4n) is 2.34. The highest BCUT2D eigenvalue weighted by atomic mass is 32.2. The van der Waals surface area contributed by atoms with E-state index in [0.29, 0.717) is 16.9 Å². The van der Waals surface area contributed by atoms with E-state index in [-0.39, 0.29) is 17.2 Å². The summed E-state index contributed by atoms with van der Waals surface area (Å²) in [5.74, 6) is 0.467. The first-order valence-electron chi connectivity index (χ1n) is 7.46. The Labute approximate surface area is 142 Å². The summed E-state index contributed by atoms with van der Waals surface area (Å²) in [6.07, 6.45) is 0. The molecule has 6 heteroatoms.